The van der Waals surface area contributed by atoms with Crippen LogP contribution in [0.3, 0.4) is 0 Å². The van der Waals surface area contributed by atoms with Crippen LogP contribution < -0.4 is 0 Å². The van der Waals surface area contributed by atoms with Crippen molar-refractivity contribution in [2.75, 3.05) is 13.1 Å². The van der Waals surface area contributed by atoms with E-state index in [1.54, 1.807) is 12.1 Å². The maximum Gasteiger partial charge on any atom is 0.223 e. The third kappa shape index (κ3) is 6.40. The van der Waals surface area contributed by atoms with Crippen LogP contribution in [0, 0.1) is 0 Å². The van der Waals surface area contributed by atoms with E-state index in [0.29, 0.717) is 18.7 Å². The van der Waals surface area contributed by atoms with Crippen LogP contribution in [0.1, 0.15) is 53.3 Å². The summed E-state index contributed by atoms with van der Waals surface area (Å²) in [4.78, 5) is 26.9. The molecule has 4 rings (SSSR count). The van der Waals surface area contributed by atoms with Gasteiger partial charge in [0.25, 0.3) is 0 Å². The molecule has 1 aliphatic heterocycles. The van der Waals surface area contributed by atoms with Crippen molar-refractivity contribution in [1.82, 2.24) is 4.90 Å². The number of carbonyl (C=O) groups is 2. The average Bonchev–Trinajstić information content (AvgIpc) is 2.87. The Hall–Kier alpha value is -2.76. The van der Waals surface area contributed by atoms with Gasteiger partial charge >= 0.3 is 0 Å². The van der Waals surface area contributed by atoms with E-state index in [4.69, 9.17) is 4.74 Å². The lowest BCUT2D eigenvalue weighted by Gasteiger charge is -2.34. The maximum absolute atomic E-state index is 12.7. The number of ether oxygens (including phenoxy) is 1. The minimum atomic E-state index is -0.122. The Kier molecular flexibility index (Phi) is 8.08. The SMILES string of the molecule is O=C(CCC(=O)N1CCC(OC(c2ccccc2)c2ccccc2)CC1)c1ccc(Br)cc1. The van der Waals surface area contributed by atoms with Crippen LogP contribution in [0.5, 0.6) is 0 Å². The third-order valence-electron chi connectivity index (χ3n) is 6.06. The molecule has 0 bridgehead atoms. The Bertz CT molecular complexity index is 1010. The van der Waals surface area contributed by atoms with Crippen LogP contribution >= 0.6 is 15.9 Å². The Morgan fingerprint density at radius 2 is 1.36 bits per heavy atom. The summed E-state index contributed by atoms with van der Waals surface area (Å²) in [5, 5.41) is 0. The number of likely N-dealkylation sites (tertiary alicyclic amines) is 1. The fourth-order valence-corrected chi connectivity index (χ4v) is 4.46. The lowest BCUT2D eigenvalue weighted by atomic mass is 10.00. The van der Waals surface area contributed by atoms with Crippen molar-refractivity contribution >= 4 is 27.6 Å². The molecule has 0 atom stereocenters. The lowest BCUT2D eigenvalue weighted by Crippen LogP contribution is -2.41. The summed E-state index contributed by atoms with van der Waals surface area (Å²) in [6.07, 6.45) is 2.04. The van der Waals surface area contributed by atoms with E-state index in [9.17, 15) is 9.59 Å². The van der Waals surface area contributed by atoms with Gasteiger partial charge in [0.2, 0.25) is 5.91 Å². The molecule has 0 saturated carbocycles. The number of nitrogens with zero attached hydrogens (tertiary/aromatic N) is 1. The van der Waals surface area contributed by atoms with Gasteiger partial charge in [-0.2, -0.15) is 0 Å². The molecule has 0 spiro atoms. The summed E-state index contributed by atoms with van der Waals surface area (Å²) >= 11 is 3.37. The molecule has 1 aliphatic rings. The number of rotatable bonds is 8. The van der Waals surface area contributed by atoms with Crippen molar-refractivity contribution < 1.29 is 14.3 Å². The number of hydrogen-bond donors (Lipinski definition) is 0. The standard InChI is InChI=1S/C28H28BrNO3/c29-24-13-11-21(12-14-24)26(31)15-16-27(32)30-19-17-25(18-20-30)33-28(22-7-3-1-4-8-22)23-9-5-2-6-10-23/h1-14,25,28H,15-20H2. The molecule has 1 heterocycles. The molecule has 4 nitrogen and oxygen atoms in total. The second-order valence-electron chi connectivity index (χ2n) is 8.35. The fourth-order valence-electron chi connectivity index (χ4n) is 4.20. The molecular formula is C28H28BrNO3. The molecule has 0 aromatic heterocycles. The summed E-state index contributed by atoms with van der Waals surface area (Å²) in [7, 11) is 0. The molecule has 5 heteroatoms. The number of halogens is 1. The number of amides is 1. The van der Waals surface area contributed by atoms with Crippen LogP contribution in [-0.2, 0) is 9.53 Å². The molecule has 3 aromatic carbocycles. The van der Waals surface area contributed by atoms with Crippen molar-refractivity contribution in [2.45, 2.75) is 37.9 Å². The van der Waals surface area contributed by atoms with Gasteiger partial charge in [0.15, 0.2) is 5.78 Å². The van der Waals surface area contributed by atoms with Crippen LogP contribution in [-0.4, -0.2) is 35.8 Å². The van der Waals surface area contributed by atoms with E-state index in [-0.39, 0.29) is 36.7 Å². The zero-order valence-electron chi connectivity index (χ0n) is 18.5. The van der Waals surface area contributed by atoms with Gasteiger partial charge in [-0.15, -0.1) is 0 Å². The Balaban J connectivity index is 1.30. The highest BCUT2D eigenvalue weighted by atomic mass is 79.9. The highest BCUT2D eigenvalue weighted by Crippen LogP contribution is 2.30. The minimum absolute atomic E-state index is 0.00244. The van der Waals surface area contributed by atoms with Gasteiger partial charge in [-0.05, 0) is 36.1 Å². The molecule has 3 aromatic rings. The fraction of sp³-hybridized carbons (Fsp3) is 0.286. The first-order chi connectivity index (χ1) is 16.1. The smallest absolute Gasteiger partial charge is 0.223 e. The van der Waals surface area contributed by atoms with E-state index >= 15 is 0 Å². The Morgan fingerprint density at radius 3 is 1.91 bits per heavy atom. The van der Waals surface area contributed by atoms with Crippen molar-refractivity contribution in [2.24, 2.45) is 0 Å². The van der Waals surface area contributed by atoms with Crippen LogP contribution in [0.15, 0.2) is 89.4 Å². The molecule has 0 unspecified atom stereocenters. The van der Waals surface area contributed by atoms with E-state index in [0.717, 1.165) is 28.4 Å². The van der Waals surface area contributed by atoms with Crippen molar-refractivity contribution in [3.05, 3.63) is 106 Å². The number of piperidine rings is 1. The number of ketones is 1. The summed E-state index contributed by atoms with van der Waals surface area (Å²) < 4.78 is 7.49. The summed E-state index contributed by atoms with van der Waals surface area (Å²) in [5.41, 5.74) is 2.91. The first-order valence-corrected chi connectivity index (χ1v) is 12.2. The third-order valence-corrected chi connectivity index (χ3v) is 6.59. The lowest BCUT2D eigenvalue weighted by molar-refractivity contribution is -0.134. The van der Waals surface area contributed by atoms with E-state index in [2.05, 4.69) is 40.2 Å². The van der Waals surface area contributed by atoms with E-state index < -0.39 is 0 Å². The van der Waals surface area contributed by atoms with Crippen LogP contribution in [0.2, 0.25) is 0 Å². The molecule has 1 saturated heterocycles. The van der Waals surface area contributed by atoms with Gasteiger partial charge in [0, 0.05) is 36.0 Å². The predicted octanol–water partition coefficient (Wildman–Crippen LogP) is 6.21. The van der Waals surface area contributed by atoms with Gasteiger partial charge in [-0.1, -0.05) is 88.7 Å². The minimum Gasteiger partial charge on any atom is -0.365 e. The quantitative estimate of drug-likeness (QED) is 0.342. The molecule has 1 fully saturated rings. The monoisotopic (exact) mass is 505 g/mol. The average molecular weight is 506 g/mol. The highest BCUT2D eigenvalue weighted by Gasteiger charge is 2.27. The summed E-state index contributed by atoms with van der Waals surface area (Å²) in [6, 6.07) is 27.8. The largest absolute Gasteiger partial charge is 0.365 e. The zero-order chi connectivity index (χ0) is 23.0. The number of benzene rings is 3. The van der Waals surface area contributed by atoms with Crippen molar-refractivity contribution in [3.63, 3.8) is 0 Å². The van der Waals surface area contributed by atoms with Gasteiger partial charge < -0.3 is 9.64 Å². The molecule has 33 heavy (non-hydrogen) atoms. The van der Waals surface area contributed by atoms with E-state index in [1.807, 2.05) is 53.4 Å². The molecular weight excluding hydrogens is 478 g/mol. The van der Waals surface area contributed by atoms with Crippen molar-refractivity contribution in [3.8, 4) is 0 Å². The van der Waals surface area contributed by atoms with Gasteiger partial charge in [0.1, 0.15) is 6.10 Å². The van der Waals surface area contributed by atoms with Crippen LogP contribution in [0.25, 0.3) is 0 Å². The molecule has 0 N–H and O–H groups in total. The van der Waals surface area contributed by atoms with Gasteiger partial charge in [-0.25, -0.2) is 0 Å². The van der Waals surface area contributed by atoms with Crippen molar-refractivity contribution in [1.29, 1.82) is 0 Å². The number of Topliss-reactive ketones (excluding diaryl/α,β-unsaturated/α-hetero) is 1. The zero-order valence-corrected chi connectivity index (χ0v) is 20.1. The normalized spacial score (nSPS) is 14.4. The second kappa shape index (κ2) is 11.4. The Morgan fingerprint density at radius 1 is 0.818 bits per heavy atom. The highest BCUT2D eigenvalue weighted by molar-refractivity contribution is 9.10. The number of hydrogen-bond acceptors (Lipinski definition) is 3. The molecule has 0 aliphatic carbocycles. The van der Waals surface area contributed by atoms with Gasteiger partial charge in [0.05, 0.1) is 6.10 Å². The first-order valence-electron chi connectivity index (χ1n) is 11.4. The molecule has 170 valence electrons. The first kappa shape index (κ1) is 23.4. The Labute approximate surface area is 203 Å². The van der Waals surface area contributed by atoms with E-state index in [1.165, 1.54) is 0 Å². The summed E-state index contributed by atoms with van der Waals surface area (Å²) in [5.74, 6) is 0.0456. The molecule has 1 amide bonds. The summed E-state index contributed by atoms with van der Waals surface area (Å²) in [6.45, 7) is 1.32. The second-order valence-corrected chi connectivity index (χ2v) is 9.26. The number of carbonyl (C=O) groups excluding carboxylic acids is 2. The van der Waals surface area contributed by atoms with Crippen LogP contribution in [0.4, 0.5) is 0 Å². The topological polar surface area (TPSA) is 46.6 Å². The maximum atomic E-state index is 12.7. The van der Waals surface area contributed by atoms with Gasteiger partial charge in [-0.3, -0.25) is 9.59 Å². The predicted molar refractivity (Wildman–Crippen MR) is 133 cm³/mol. The molecule has 0 radical (unpaired) electrons.